The molecule has 0 unspecified atom stereocenters. The molecule has 0 fully saturated rings. The summed E-state index contributed by atoms with van der Waals surface area (Å²) in [6, 6.07) is 14.7. The molecule has 140 valence electrons. The smallest absolute Gasteiger partial charge is 0.340 e. The summed E-state index contributed by atoms with van der Waals surface area (Å²) in [7, 11) is 0. The summed E-state index contributed by atoms with van der Waals surface area (Å²) in [4.78, 5) is 24.7. The van der Waals surface area contributed by atoms with Gasteiger partial charge in [0.25, 0.3) is 0 Å². The average molecular weight is 365 g/mol. The summed E-state index contributed by atoms with van der Waals surface area (Å²) in [5, 5.41) is 13.2. The van der Waals surface area contributed by atoms with E-state index in [-0.39, 0.29) is 24.1 Å². The Bertz CT molecular complexity index is 1010. The number of nitrogens with one attached hydrogen (secondary N) is 1. The van der Waals surface area contributed by atoms with Crippen molar-refractivity contribution in [1.29, 1.82) is 0 Å². The molecule has 3 rings (SSSR count). The third-order valence-corrected chi connectivity index (χ3v) is 4.72. The first-order valence-electron chi connectivity index (χ1n) is 9.02. The number of carbonyl (C=O) groups excluding carboxylic acids is 1. The number of amides is 1. The number of phenols is 1. The molecule has 0 aliphatic rings. The van der Waals surface area contributed by atoms with Crippen molar-refractivity contribution < 1.29 is 14.3 Å². The van der Waals surface area contributed by atoms with E-state index in [1.54, 1.807) is 13.0 Å². The number of phenolic OH excluding ortho intramolecular Hbond substituents is 1. The Morgan fingerprint density at radius 2 is 1.93 bits per heavy atom. The second kappa shape index (κ2) is 8.08. The lowest BCUT2D eigenvalue weighted by Crippen LogP contribution is -2.35. The SMILES string of the molecule is Cc1c(CC(=O)N[C@@H](C)CCc2ccccc2)c(=O)oc2cc(O)ccc12. The molecule has 3 aromatic rings. The van der Waals surface area contributed by atoms with Crippen molar-refractivity contribution in [2.24, 2.45) is 0 Å². The van der Waals surface area contributed by atoms with Crippen LogP contribution in [0.4, 0.5) is 0 Å². The van der Waals surface area contributed by atoms with Gasteiger partial charge in [0.05, 0.1) is 12.0 Å². The molecule has 27 heavy (non-hydrogen) atoms. The second-order valence-corrected chi connectivity index (χ2v) is 6.84. The Hall–Kier alpha value is -3.08. The zero-order valence-corrected chi connectivity index (χ0v) is 15.5. The van der Waals surface area contributed by atoms with Gasteiger partial charge in [0.2, 0.25) is 5.91 Å². The molecule has 2 N–H and O–H groups in total. The van der Waals surface area contributed by atoms with Crippen LogP contribution >= 0.6 is 0 Å². The molecule has 5 nitrogen and oxygen atoms in total. The van der Waals surface area contributed by atoms with E-state index in [1.165, 1.54) is 17.7 Å². The fraction of sp³-hybridized carbons (Fsp3) is 0.273. The minimum absolute atomic E-state index is 0.00227. The average Bonchev–Trinajstić information content (AvgIpc) is 2.64. The molecule has 0 aliphatic carbocycles. The van der Waals surface area contributed by atoms with E-state index in [9.17, 15) is 14.7 Å². The summed E-state index contributed by atoms with van der Waals surface area (Å²) in [6.45, 7) is 3.75. The van der Waals surface area contributed by atoms with E-state index in [4.69, 9.17) is 4.42 Å². The molecule has 1 amide bonds. The third kappa shape index (κ3) is 4.56. The van der Waals surface area contributed by atoms with Crippen LogP contribution in [0, 0.1) is 6.92 Å². The fourth-order valence-corrected chi connectivity index (χ4v) is 3.17. The molecule has 1 heterocycles. The Morgan fingerprint density at radius 3 is 2.67 bits per heavy atom. The number of fused-ring (bicyclic) bond motifs is 1. The van der Waals surface area contributed by atoms with E-state index in [0.29, 0.717) is 22.1 Å². The molecule has 1 atom stereocenters. The lowest BCUT2D eigenvalue weighted by molar-refractivity contribution is -0.121. The highest BCUT2D eigenvalue weighted by Crippen LogP contribution is 2.23. The van der Waals surface area contributed by atoms with E-state index in [0.717, 1.165) is 12.8 Å². The summed E-state index contributed by atoms with van der Waals surface area (Å²) >= 11 is 0. The van der Waals surface area contributed by atoms with Gasteiger partial charge in [-0.2, -0.15) is 0 Å². The number of benzene rings is 2. The van der Waals surface area contributed by atoms with Crippen LogP contribution in [0.15, 0.2) is 57.7 Å². The molecular formula is C22H23NO4. The van der Waals surface area contributed by atoms with Gasteiger partial charge in [-0.3, -0.25) is 4.79 Å². The van der Waals surface area contributed by atoms with E-state index < -0.39 is 5.63 Å². The number of rotatable bonds is 6. The van der Waals surface area contributed by atoms with Crippen LogP contribution in [0.5, 0.6) is 5.75 Å². The number of hydrogen-bond acceptors (Lipinski definition) is 4. The van der Waals surface area contributed by atoms with E-state index in [1.807, 2.05) is 25.1 Å². The molecule has 2 aromatic carbocycles. The predicted octanol–water partition coefficient (Wildman–Crippen LogP) is 3.49. The van der Waals surface area contributed by atoms with Crippen molar-refractivity contribution in [3.63, 3.8) is 0 Å². The first kappa shape index (κ1) is 18.7. The molecule has 0 radical (unpaired) electrons. The molecule has 0 aliphatic heterocycles. The van der Waals surface area contributed by atoms with Crippen LogP contribution in [-0.4, -0.2) is 17.1 Å². The van der Waals surface area contributed by atoms with E-state index in [2.05, 4.69) is 17.4 Å². The summed E-state index contributed by atoms with van der Waals surface area (Å²) in [5.74, 6) is -0.174. The van der Waals surface area contributed by atoms with Crippen LogP contribution in [0.25, 0.3) is 11.0 Å². The monoisotopic (exact) mass is 365 g/mol. The maximum absolute atomic E-state index is 12.4. The molecular weight excluding hydrogens is 342 g/mol. The van der Waals surface area contributed by atoms with Crippen molar-refractivity contribution in [3.05, 3.63) is 75.6 Å². The molecule has 1 aromatic heterocycles. The topological polar surface area (TPSA) is 79.5 Å². The van der Waals surface area contributed by atoms with Gasteiger partial charge in [0.1, 0.15) is 11.3 Å². The van der Waals surface area contributed by atoms with Gasteiger partial charge < -0.3 is 14.8 Å². The summed E-state index contributed by atoms with van der Waals surface area (Å²) < 4.78 is 5.27. The lowest BCUT2D eigenvalue weighted by Gasteiger charge is -2.14. The van der Waals surface area contributed by atoms with Gasteiger partial charge in [0.15, 0.2) is 0 Å². The van der Waals surface area contributed by atoms with Crippen LogP contribution in [-0.2, 0) is 17.6 Å². The van der Waals surface area contributed by atoms with Gasteiger partial charge in [-0.25, -0.2) is 4.79 Å². The zero-order chi connectivity index (χ0) is 19.4. The molecule has 5 heteroatoms. The van der Waals surface area contributed by atoms with Gasteiger partial charge >= 0.3 is 5.63 Å². The van der Waals surface area contributed by atoms with Crippen LogP contribution in [0.2, 0.25) is 0 Å². The highest BCUT2D eigenvalue weighted by atomic mass is 16.4. The highest BCUT2D eigenvalue weighted by Gasteiger charge is 2.16. The van der Waals surface area contributed by atoms with Crippen molar-refractivity contribution >= 4 is 16.9 Å². The Kier molecular flexibility index (Phi) is 5.60. The number of hydrogen-bond donors (Lipinski definition) is 2. The predicted molar refractivity (Wildman–Crippen MR) is 105 cm³/mol. The third-order valence-electron chi connectivity index (χ3n) is 4.72. The van der Waals surface area contributed by atoms with Gasteiger partial charge in [-0.1, -0.05) is 30.3 Å². The molecule has 0 spiro atoms. The lowest BCUT2D eigenvalue weighted by atomic mass is 10.0. The highest BCUT2D eigenvalue weighted by molar-refractivity contribution is 5.85. The Morgan fingerprint density at radius 1 is 1.19 bits per heavy atom. The number of carbonyl (C=O) groups is 1. The van der Waals surface area contributed by atoms with Crippen molar-refractivity contribution in [2.45, 2.75) is 39.2 Å². The quantitative estimate of drug-likeness (QED) is 0.656. The van der Waals surface area contributed by atoms with Gasteiger partial charge in [-0.15, -0.1) is 0 Å². The summed E-state index contributed by atoms with van der Waals surface area (Å²) in [6.07, 6.45) is 1.67. The standard InChI is InChI=1S/C22H23NO4/c1-14(8-9-16-6-4-3-5-7-16)23-21(25)13-19-15(2)18-11-10-17(24)12-20(18)27-22(19)26/h3-7,10-12,14,24H,8-9,13H2,1-2H3,(H,23,25)/t14-/m0/s1. The first-order valence-corrected chi connectivity index (χ1v) is 9.02. The minimum atomic E-state index is -0.544. The number of aryl methyl sites for hydroxylation is 2. The van der Waals surface area contributed by atoms with Crippen molar-refractivity contribution in [2.75, 3.05) is 0 Å². The largest absolute Gasteiger partial charge is 0.508 e. The normalized spacial score (nSPS) is 12.1. The van der Waals surface area contributed by atoms with Crippen LogP contribution in [0.1, 0.15) is 30.0 Å². The molecule has 0 bridgehead atoms. The van der Waals surface area contributed by atoms with Crippen molar-refractivity contribution in [3.8, 4) is 5.75 Å². The maximum atomic E-state index is 12.4. The maximum Gasteiger partial charge on any atom is 0.340 e. The first-order chi connectivity index (χ1) is 12.9. The summed E-state index contributed by atoms with van der Waals surface area (Å²) in [5.41, 5.74) is 2.05. The van der Waals surface area contributed by atoms with Crippen molar-refractivity contribution in [1.82, 2.24) is 5.32 Å². The van der Waals surface area contributed by atoms with E-state index >= 15 is 0 Å². The van der Waals surface area contributed by atoms with Crippen LogP contribution in [0.3, 0.4) is 0 Å². The van der Waals surface area contributed by atoms with Gasteiger partial charge in [0, 0.05) is 17.5 Å². The molecule has 0 saturated heterocycles. The number of aromatic hydroxyl groups is 1. The fourth-order valence-electron chi connectivity index (χ4n) is 3.17. The van der Waals surface area contributed by atoms with Gasteiger partial charge in [-0.05, 0) is 49.9 Å². The zero-order valence-electron chi connectivity index (χ0n) is 15.5. The Labute approximate surface area is 157 Å². The van der Waals surface area contributed by atoms with Crippen LogP contribution < -0.4 is 10.9 Å². The minimum Gasteiger partial charge on any atom is -0.508 e. The second-order valence-electron chi connectivity index (χ2n) is 6.84. The molecule has 0 saturated carbocycles. The Balaban J connectivity index is 1.67.